The van der Waals surface area contributed by atoms with Crippen molar-refractivity contribution in [1.29, 1.82) is 0 Å². The van der Waals surface area contributed by atoms with Crippen LogP contribution >= 0.6 is 0 Å². The van der Waals surface area contributed by atoms with Gasteiger partial charge in [0.1, 0.15) is 11.5 Å². The van der Waals surface area contributed by atoms with Gasteiger partial charge in [-0.15, -0.1) is 0 Å². The number of phenolic OH excluding ortho intramolecular Hbond substituents is 2. The van der Waals surface area contributed by atoms with Gasteiger partial charge in [0.15, 0.2) is 0 Å². The maximum Gasteiger partial charge on any atom is 0.128 e. The van der Waals surface area contributed by atoms with E-state index in [-0.39, 0.29) is 11.5 Å². The third kappa shape index (κ3) is 2.16. The number of hydrogen-bond donors (Lipinski definition) is 3. The van der Waals surface area contributed by atoms with E-state index in [0.717, 1.165) is 5.69 Å². The van der Waals surface area contributed by atoms with Crippen molar-refractivity contribution < 1.29 is 10.2 Å². The first-order chi connectivity index (χ1) is 9.63. The van der Waals surface area contributed by atoms with Gasteiger partial charge in [-0.25, -0.2) is 4.68 Å². The van der Waals surface area contributed by atoms with E-state index in [4.69, 9.17) is 5.73 Å². The molecule has 4 N–H and O–H groups in total. The van der Waals surface area contributed by atoms with Crippen LogP contribution in [0, 0.1) is 0 Å². The second-order valence-corrected chi connectivity index (χ2v) is 4.44. The van der Waals surface area contributed by atoms with Crippen molar-refractivity contribution in [3.63, 3.8) is 0 Å². The number of hydrogen-bond acceptors (Lipinski definition) is 4. The van der Waals surface area contributed by atoms with Gasteiger partial charge in [-0.1, -0.05) is 0 Å². The molecule has 100 valence electrons. The molecule has 1 heterocycles. The highest BCUT2D eigenvalue weighted by Crippen LogP contribution is 2.31. The van der Waals surface area contributed by atoms with Crippen molar-refractivity contribution >= 4 is 5.69 Å². The molecule has 3 rings (SSSR count). The Kier molecular flexibility index (Phi) is 2.80. The third-order valence-electron chi connectivity index (χ3n) is 3.00. The summed E-state index contributed by atoms with van der Waals surface area (Å²) in [5.41, 5.74) is 8.41. The number of nitrogens with zero attached hydrogens (tertiary/aromatic N) is 2. The molecule has 3 aromatic rings. The molecule has 0 saturated heterocycles. The number of rotatable bonds is 2. The fraction of sp³-hybridized carbons (Fsp3) is 0. The number of nitrogens with two attached hydrogens (primary N) is 1. The Morgan fingerprint density at radius 2 is 1.70 bits per heavy atom. The summed E-state index contributed by atoms with van der Waals surface area (Å²) in [6.45, 7) is 0. The Hall–Kier alpha value is -2.95. The molecule has 20 heavy (non-hydrogen) atoms. The molecule has 0 amide bonds. The first-order valence-corrected chi connectivity index (χ1v) is 6.07. The number of anilines is 1. The summed E-state index contributed by atoms with van der Waals surface area (Å²) in [6.07, 6.45) is 1.80. The zero-order chi connectivity index (χ0) is 14.1. The van der Waals surface area contributed by atoms with Crippen LogP contribution in [0.25, 0.3) is 16.9 Å². The average molecular weight is 267 g/mol. The Labute approximate surface area is 115 Å². The van der Waals surface area contributed by atoms with E-state index < -0.39 is 0 Å². The maximum absolute atomic E-state index is 9.84. The normalized spacial score (nSPS) is 10.6. The minimum atomic E-state index is -0.00689. The van der Waals surface area contributed by atoms with E-state index in [2.05, 4.69) is 5.10 Å². The van der Waals surface area contributed by atoms with Crippen LogP contribution in [-0.4, -0.2) is 20.0 Å². The van der Waals surface area contributed by atoms with Crippen LogP contribution < -0.4 is 5.73 Å². The van der Waals surface area contributed by atoms with Crippen LogP contribution in [0.15, 0.2) is 54.7 Å². The van der Waals surface area contributed by atoms with Crippen LogP contribution in [0.5, 0.6) is 11.5 Å². The lowest BCUT2D eigenvalue weighted by atomic mass is 10.1. The predicted molar refractivity (Wildman–Crippen MR) is 76.7 cm³/mol. The molecule has 0 saturated carbocycles. The van der Waals surface area contributed by atoms with Gasteiger partial charge in [-0.05, 0) is 42.5 Å². The highest BCUT2D eigenvalue weighted by molar-refractivity contribution is 5.67. The molecule has 0 bridgehead atoms. The van der Waals surface area contributed by atoms with E-state index in [9.17, 15) is 10.2 Å². The summed E-state index contributed by atoms with van der Waals surface area (Å²) in [5, 5.41) is 23.5. The molecule has 1 aromatic heterocycles. The van der Waals surface area contributed by atoms with Gasteiger partial charge in [0, 0.05) is 23.5 Å². The molecule has 5 nitrogen and oxygen atoms in total. The van der Waals surface area contributed by atoms with Gasteiger partial charge in [-0.2, -0.15) is 5.10 Å². The Morgan fingerprint density at radius 1 is 0.950 bits per heavy atom. The van der Waals surface area contributed by atoms with E-state index in [1.54, 1.807) is 35.1 Å². The van der Waals surface area contributed by atoms with Gasteiger partial charge < -0.3 is 15.9 Å². The first-order valence-electron chi connectivity index (χ1n) is 6.07. The lowest BCUT2D eigenvalue weighted by molar-refractivity contribution is 0.451. The molecule has 0 atom stereocenters. The highest BCUT2D eigenvalue weighted by Gasteiger charge is 2.09. The first kappa shape index (κ1) is 12.1. The fourth-order valence-electron chi connectivity index (χ4n) is 1.98. The van der Waals surface area contributed by atoms with Crippen molar-refractivity contribution in [3.8, 4) is 28.4 Å². The topological polar surface area (TPSA) is 84.3 Å². The Morgan fingerprint density at radius 3 is 2.40 bits per heavy atom. The van der Waals surface area contributed by atoms with Gasteiger partial charge in [0.25, 0.3) is 0 Å². The second kappa shape index (κ2) is 4.62. The number of nitrogen functional groups attached to an aromatic ring is 1. The van der Waals surface area contributed by atoms with Crippen molar-refractivity contribution in [2.45, 2.75) is 0 Å². The molecule has 0 aliphatic heterocycles. The smallest absolute Gasteiger partial charge is 0.128 e. The van der Waals surface area contributed by atoms with Crippen LogP contribution in [0.1, 0.15) is 0 Å². The molecule has 0 fully saturated rings. The Balaban J connectivity index is 1.99. The maximum atomic E-state index is 9.84. The minimum absolute atomic E-state index is 0.00689. The standard InChI is InChI=1S/C15H13N3O2/c16-10-1-3-11(4-2-10)18-8-7-14(17-18)13-6-5-12(19)9-15(13)20/h1-9,19-20H,16H2. The van der Waals surface area contributed by atoms with Crippen molar-refractivity contribution in [1.82, 2.24) is 9.78 Å². The number of aromatic nitrogens is 2. The van der Waals surface area contributed by atoms with Gasteiger partial charge >= 0.3 is 0 Å². The Bertz CT molecular complexity index is 748. The van der Waals surface area contributed by atoms with E-state index in [1.807, 2.05) is 12.1 Å². The largest absolute Gasteiger partial charge is 0.508 e. The fourth-order valence-corrected chi connectivity index (χ4v) is 1.98. The summed E-state index contributed by atoms with van der Waals surface area (Å²) in [5.74, 6) is 0.0109. The van der Waals surface area contributed by atoms with Crippen LogP contribution in [0.2, 0.25) is 0 Å². The predicted octanol–water partition coefficient (Wildman–Crippen LogP) is 2.53. The third-order valence-corrected chi connectivity index (χ3v) is 3.00. The number of benzene rings is 2. The van der Waals surface area contributed by atoms with Gasteiger partial charge in [0.2, 0.25) is 0 Å². The van der Waals surface area contributed by atoms with E-state index in [0.29, 0.717) is 16.9 Å². The highest BCUT2D eigenvalue weighted by atomic mass is 16.3. The summed E-state index contributed by atoms with van der Waals surface area (Å²) < 4.78 is 1.70. The minimum Gasteiger partial charge on any atom is -0.508 e. The molecule has 0 aliphatic carbocycles. The molecule has 2 aromatic carbocycles. The monoisotopic (exact) mass is 267 g/mol. The summed E-state index contributed by atoms with van der Waals surface area (Å²) in [4.78, 5) is 0. The molecule has 0 spiro atoms. The lowest BCUT2D eigenvalue weighted by Crippen LogP contribution is -1.95. The van der Waals surface area contributed by atoms with E-state index in [1.165, 1.54) is 12.1 Å². The summed E-state index contributed by atoms with van der Waals surface area (Å²) in [6, 6.07) is 13.5. The van der Waals surface area contributed by atoms with Gasteiger partial charge in [0.05, 0.1) is 11.4 Å². The molecule has 0 aliphatic rings. The van der Waals surface area contributed by atoms with Crippen molar-refractivity contribution in [2.75, 3.05) is 5.73 Å². The van der Waals surface area contributed by atoms with Gasteiger partial charge in [-0.3, -0.25) is 0 Å². The van der Waals surface area contributed by atoms with Crippen LogP contribution in [0.3, 0.4) is 0 Å². The summed E-state index contributed by atoms with van der Waals surface area (Å²) >= 11 is 0. The number of aromatic hydroxyl groups is 2. The zero-order valence-electron chi connectivity index (χ0n) is 10.6. The van der Waals surface area contributed by atoms with Crippen LogP contribution in [0.4, 0.5) is 5.69 Å². The SMILES string of the molecule is Nc1ccc(-n2ccc(-c3ccc(O)cc3O)n2)cc1. The second-order valence-electron chi connectivity index (χ2n) is 4.44. The molecular formula is C15H13N3O2. The summed E-state index contributed by atoms with van der Waals surface area (Å²) in [7, 11) is 0. The molecule has 0 unspecified atom stereocenters. The van der Waals surface area contributed by atoms with Crippen molar-refractivity contribution in [3.05, 3.63) is 54.7 Å². The zero-order valence-corrected chi connectivity index (χ0v) is 10.6. The quantitative estimate of drug-likeness (QED) is 0.623. The van der Waals surface area contributed by atoms with Crippen LogP contribution in [-0.2, 0) is 0 Å². The lowest BCUT2D eigenvalue weighted by Gasteiger charge is -2.03. The molecule has 0 radical (unpaired) electrons. The molecular weight excluding hydrogens is 254 g/mol. The molecule has 5 heteroatoms. The van der Waals surface area contributed by atoms with E-state index >= 15 is 0 Å². The number of phenols is 2. The average Bonchev–Trinajstić information content (AvgIpc) is 2.89. The van der Waals surface area contributed by atoms with Crippen molar-refractivity contribution in [2.24, 2.45) is 0 Å².